The van der Waals surface area contributed by atoms with Crippen molar-refractivity contribution in [3.05, 3.63) is 58.0 Å². The molecule has 0 spiro atoms. The summed E-state index contributed by atoms with van der Waals surface area (Å²) in [5.74, 6) is 0.103. The highest BCUT2D eigenvalue weighted by Gasteiger charge is 2.18. The third-order valence-corrected chi connectivity index (χ3v) is 5.82. The number of benzene rings is 1. The van der Waals surface area contributed by atoms with Gasteiger partial charge in [0.15, 0.2) is 10.2 Å². The first-order valence-electron chi connectivity index (χ1n) is 7.32. The van der Waals surface area contributed by atoms with Crippen LogP contribution in [0.5, 0.6) is 0 Å². The molecular weight excluding hydrogens is 397 g/mol. The van der Waals surface area contributed by atoms with Crippen molar-refractivity contribution in [3.8, 4) is 11.3 Å². The molecule has 3 aromatic rings. The first kappa shape index (κ1) is 18.2. The molecule has 128 valence electrons. The van der Waals surface area contributed by atoms with Crippen LogP contribution in [0.4, 0.5) is 5.82 Å². The Morgan fingerprint density at radius 2 is 2.04 bits per heavy atom. The third kappa shape index (κ3) is 4.73. The van der Waals surface area contributed by atoms with E-state index in [0.29, 0.717) is 15.9 Å². The van der Waals surface area contributed by atoms with Gasteiger partial charge in [-0.1, -0.05) is 65.3 Å². The number of pyridine rings is 1. The van der Waals surface area contributed by atoms with Crippen LogP contribution in [0.25, 0.3) is 11.3 Å². The Hall–Kier alpha value is -1.60. The number of halogens is 2. The van der Waals surface area contributed by atoms with Crippen LogP contribution in [0.1, 0.15) is 6.92 Å². The zero-order valence-electron chi connectivity index (χ0n) is 13.1. The molecule has 3 rings (SSSR count). The number of aromatic nitrogens is 2. The molecule has 0 fully saturated rings. The summed E-state index contributed by atoms with van der Waals surface area (Å²) in [7, 11) is 0. The van der Waals surface area contributed by atoms with Gasteiger partial charge in [-0.25, -0.2) is 9.97 Å². The topological polar surface area (TPSA) is 54.9 Å². The molecule has 1 atom stereocenters. The van der Waals surface area contributed by atoms with Crippen LogP contribution in [0.2, 0.25) is 10.0 Å². The van der Waals surface area contributed by atoms with Crippen molar-refractivity contribution in [2.24, 2.45) is 0 Å². The SMILES string of the molecule is C[C@@H](Sc1nc(-c2ccccc2)cs1)C(=O)Nc1ncc(Cl)cc1Cl. The molecule has 1 amide bonds. The van der Waals surface area contributed by atoms with Crippen molar-refractivity contribution in [2.75, 3.05) is 5.32 Å². The lowest BCUT2D eigenvalue weighted by Crippen LogP contribution is -2.23. The van der Waals surface area contributed by atoms with Gasteiger partial charge in [-0.05, 0) is 13.0 Å². The number of thioether (sulfide) groups is 1. The van der Waals surface area contributed by atoms with Gasteiger partial charge in [0.1, 0.15) is 0 Å². The Bertz CT molecular complexity index is 887. The smallest absolute Gasteiger partial charge is 0.238 e. The fourth-order valence-corrected chi connectivity index (χ4v) is 4.38. The summed E-state index contributed by atoms with van der Waals surface area (Å²) in [4.78, 5) is 21.0. The third-order valence-electron chi connectivity index (χ3n) is 3.25. The van der Waals surface area contributed by atoms with E-state index in [4.69, 9.17) is 23.2 Å². The van der Waals surface area contributed by atoms with Gasteiger partial charge in [0.05, 0.1) is 21.0 Å². The summed E-state index contributed by atoms with van der Waals surface area (Å²) in [6.07, 6.45) is 1.44. The van der Waals surface area contributed by atoms with Gasteiger partial charge >= 0.3 is 0 Å². The molecule has 1 aromatic carbocycles. The molecular formula is C17H13Cl2N3OS2. The van der Waals surface area contributed by atoms with Crippen LogP contribution in [0.15, 0.2) is 52.3 Å². The summed E-state index contributed by atoms with van der Waals surface area (Å²) < 4.78 is 0.830. The molecule has 4 nitrogen and oxygen atoms in total. The van der Waals surface area contributed by atoms with E-state index in [1.54, 1.807) is 0 Å². The van der Waals surface area contributed by atoms with Crippen LogP contribution in [0, 0.1) is 0 Å². The monoisotopic (exact) mass is 409 g/mol. The highest BCUT2D eigenvalue weighted by Crippen LogP contribution is 2.31. The zero-order valence-corrected chi connectivity index (χ0v) is 16.2. The van der Waals surface area contributed by atoms with Crippen molar-refractivity contribution in [1.29, 1.82) is 0 Å². The predicted octanol–water partition coefficient (Wildman–Crippen LogP) is 5.63. The first-order valence-corrected chi connectivity index (χ1v) is 9.84. The Kier molecular flexibility index (Phi) is 5.96. The number of hydrogen-bond donors (Lipinski definition) is 1. The molecule has 2 heterocycles. The maximum absolute atomic E-state index is 12.3. The molecule has 25 heavy (non-hydrogen) atoms. The molecule has 0 saturated heterocycles. The zero-order chi connectivity index (χ0) is 17.8. The summed E-state index contributed by atoms with van der Waals surface area (Å²) in [6.45, 7) is 1.81. The van der Waals surface area contributed by atoms with Crippen LogP contribution in [-0.2, 0) is 4.79 Å². The number of nitrogens with zero attached hydrogens (tertiary/aromatic N) is 2. The highest BCUT2D eigenvalue weighted by molar-refractivity contribution is 8.02. The van der Waals surface area contributed by atoms with Gasteiger partial charge in [-0.3, -0.25) is 4.79 Å². The fraction of sp³-hybridized carbons (Fsp3) is 0.118. The minimum Gasteiger partial charge on any atom is -0.308 e. The van der Waals surface area contributed by atoms with Crippen molar-refractivity contribution in [1.82, 2.24) is 9.97 Å². The quantitative estimate of drug-likeness (QED) is 0.554. The van der Waals surface area contributed by atoms with Gasteiger partial charge in [0, 0.05) is 17.1 Å². The van der Waals surface area contributed by atoms with Crippen molar-refractivity contribution < 1.29 is 4.79 Å². The Morgan fingerprint density at radius 3 is 2.76 bits per heavy atom. The Balaban J connectivity index is 1.65. The van der Waals surface area contributed by atoms with E-state index in [1.807, 2.05) is 42.6 Å². The minimum absolute atomic E-state index is 0.196. The Labute approximate surface area is 163 Å². The second-order valence-corrected chi connectivity index (χ2v) is 8.39. The largest absolute Gasteiger partial charge is 0.308 e. The highest BCUT2D eigenvalue weighted by atomic mass is 35.5. The number of anilines is 1. The van der Waals surface area contributed by atoms with Crippen LogP contribution in [-0.4, -0.2) is 21.1 Å². The van der Waals surface area contributed by atoms with Crippen molar-refractivity contribution >= 4 is 58.0 Å². The lowest BCUT2D eigenvalue weighted by Gasteiger charge is -2.11. The Morgan fingerprint density at radius 1 is 1.28 bits per heavy atom. The van der Waals surface area contributed by atoms with E-state index in [1.165, 1.54) is 35.4 Å². The van der Waals surface area contributed by atoms with Gasteiger partial charge < -0.3 is 5.32 Å². The molecule has 0 aliphatic carbocycles. The molecule has 1 N–H and O–H groups in total. The molecule has 8 heteroatoms. The molecule has 2 aromatic heterocycles. The lowest BCUT2D eigenvalue weighted by atomic mass is 10.2. The second kappa shape index (κ2) is 8.19. The van der Waals surface area contributed by atoms with E-state index in [2.05, 4.69) is 15.3 Å². The minimum atomic E-state index is -0.344. The molecule has 0 bridgehead atoms. The van der Waals surface area contributed by atoms with E-state index in [-0.39, 0.29) is 11.2 Å². The van der Waals surface area contributed by atoms with Gasteiger partial charge in [0.25, 0.3) is 0 Å². The summed E-state index contributed by atoms with van der Waals surface area (Å²) in [5, 5.41) is 5.08. The maximum Gasteiger partial charge on any atom is 0.238 e. The van der Waals surface area contributed by atoms with Gasteiger partial charge in [-0.2, -0.15) is 0 Å². The summed E-state index contributed by atoms with van der Waals surface area (Å²) in [5.41, 5.74) is 1.96. The number of carbonyl (C=O) groups excluding carboxylic acids is 1. The summed E-state index contributed by atoms with van der Waals surface area (Å²) in [6, 6.07) is 11.5. The van der Waals surface area contributed by atoms with E-state index in [0.717, 1.165) is 15.6 Å². The number of rotatable bonds is 5. The second-order valence-electron chi connectivity index (χ2n) is 5.10. The van der Waals surface area contributed by atoms with Gasteiger partial charge in [-0.15, -0.1) is 11.3 Å². The van der Waals surface area contributed by atoms with E-state index >= 15 is 0 Å². The number of hydrogen-bond acceptors (Lipinski definition) is 5. The van der Waals surface area contributed by atoms with Crippen LogP contribution in [0.3, 0.4) is 0 Å². The summed E-state index contributed by atoms with van der Waals surface area (Å²) >= 11 is 14.7. The maximum atomic E-state index is 12.3. The van der Waals surface area contributed by atoms with Gasteiger partial charge in [0.2, 0.25) is 5.91 Å². The van der Waals surface area contributed by atoms with E-state index in [9.17, 15) is 4.79 Å². The number of thiazole rings is 1. The fourth-order valence-electron chi connectivity index (χ4n) is 1.98. The molecule has 0 unspecified atom stereocenters. The molecule has 0 aliphatic heterocycles. The molecule has 0 radical (unpaired) electrons. The van der Waals surface area contributed by atoms with Crippen LogP contribution >= 0.6 is 46.3 Å². The predicted molar refractivity (Wildman–Crippen MR) is 106 cm³/mol. The molecule has 0 aliphatic rings. The normalized spacial score (nSPS) is 12.0. The lowest BCUT2D eigenvalue weighted by molar-refractivity contribution is -0.115. The molecule has 0 saturated carbocycles. The number of amides is 1. The van der Waals surface area contributed by atoms with Crippen molar-refractivity contribution in [2.45, 2.75) is 16.5 Å². The average Bonchev–Trinajstić information content (AvgIpc) is 3.06. The average molecular weight is 410 g/mol. The number of nitrogens with one attached hydrogen (secondary N) is 1. The van der Waals surface area contributed by atoms with Crippen LogP contribution < -0.4 is 5.32 Å². The van der Waals surface area contributed by atoms with Crippen molar-refractivity contribution in [3.63, 3.8) is 0 Å². The van der Waals surface area contributed by atoms with E-state index < -0.39 is 0 Å². The first-order chi connectivity index (χ1) is 12.0. The standard InChI is InChI=1S/C17H13Cl2N3OS2/c1-10(16(23)22-15-13(19)7-12(18)8-20-15)25-17-21-14(9-24-17)11-5-3-2-4-6-11/h2-10H,1H3,(H,20,22,23)/t10-/m1/s1. The number of carbonyl (C=O) groups is 1.